The van der Waals surface area contributed by atoms with E-state index in [-0.39, 0.29) is 6.54 Å². The summed E-state index contributed by atoms with van der Waals surface area (Å²) in [4.78, 5) is 7.83. The number of rotatable bonds is 5. The number of anilines is 1. The topological polar surface area (TPSA) is 128 Å². The molecular weight excluding hydrogens is 290 g/mol. The lowest BCUT2D eigenvalue weighted by molar-refractivity contribution is 0.0244. The van der Waals surface area contributed by atoms with Crippen LogP contribution in [0.15, 0.2) is 29.4 Å². The third kappa shape index (κ3) is 3.50. The normalized spacial score (nSPS) is 13.5. The van der Waals surface area contributed by atoms with Gasteiger partial charge in [-0.2, -0.15) is 0 Å². The molecule has 0 saturated carbocycles. The summed E-state index contributed by atoms with van der Waals surface area (Å²) in [6, 6.07) is 7.02. The van der Waals surface area contributed by atoms with Crippen molar-refractivity contribution in [1.29, 1.82) is 0 Å². The number of nitrogens with two attached hydrogens (primary N) is 1. The molecule has 8 heteroatoms. The molecule has 4 N–H and O–H groups in total. The van der Waals surface area contributed by atoms with Gasteiger partial charge in [-0.3, -0.25) is 0 Å². The number of hydrogen-bond donors (Lipinski definition) is 3. The molecule has 1 aromatic heterocycles. The highest BCUT2D eigenvalue weighted by Crippen LogP contribution is 2.29. The highest BCUT2D eigenvalue weighted by molar-refractivity contribution is 7.15. The molecule has 0 aliphatic heterocycles. The Kier molecular flexibility index (Phi) is 4.77. The molecule has 1 heterocycles. The molecule has 1 aromatic carbocycles. The monoisotopic (exact) mass is 305 g/mol. The molecule has 0 aliphatic carbocycles. The van der Waals surface area contributed by atoms with Crippen molar-refractivity contribution in [2.75, 3.05) is 12.3 Å². The predicted octanol–water partition coefficient (Wildman–Crippen LogP) is 2.41. The molecule has 0 fully saturated rings. The third-order valence-corrected chi connectivity index (χ3v) is 3.84. The van der Waals surface area contributed by atoms with Gasteiger partial charge in [-0.05, 0) is 18.0 Å². The summed E-state index contributed by atoms with van der Waals surface area (Å²) in [6.07, 6.45) is -2.24. The highest BCUT2D eigenvalue weighted by Gasteiger charge is 2.18. The van der Waals surface area contributed by atoms with Crippen molar-refractivity contribution in [3.8, 4) is 11.3 Å². The van der Waals surface area contributed by atoms with Gasteiger partial charge in [0.25, 0.3) is 0 Å². The van der Waals surface area contributed by atoms with Gasteiger partial charge in [0.15, 0.2) is 5.13 Å². The van der Waals surface area contributed by atoms with Crippen molar-refractivity contribution in [3.05, 3.63) is 45.1 Å². The van der Waals surface area contributed by atoms with Gasteiger partial charge in [0.1, 0.15) is 6.10 Å². The molecule has 21 heavy (non-hydrogen) atoms. The first-order valence-corrected chi connectivity index (χ1v) is 7.04. The maximum Gasteiger partial charge on any atom is 0.180 e. The minimum absolute atomic E-state index is 0.179. The van der Waals surface area contributed by atoms with Crippen LogP contribution in [-0.4, -0.2) is 27.8 Å². The fraction of sp³-hybridized carbons (Fsp3) is 0.308. The number of nitrogens with zero attached hydrogens (tertiary/aromatic N) is 4. The van der Waals surface area contributed by atoms with E-state index in [2.05, 4.69) is 15.0 Å². The molecule has 0 spiro atoms. The molecule has 110 valence electrons. The van der Waals surface area contributed by atoms with Gasteiger partial charge in [0, 0.05) is 15.4 Å². The Labute approximate surface area is 125 Å². The van der Waals surface area contributed by atoms with Crippen molar-refractivity contribution >= 4 is 16.5 Å². The van der Waals surface area contributed by atoms with Gasteiger partial charge in [-0.1, -0.05) is 29.4 Å². The highest BCUT2D eigenvalue weighted by atomic mass is 32.1. The first-order chi connectivity index (χ1) is 10.0. The van der Waals surface area contributed by atoms with Crippen LogP contribution in [0.25, 0.3) is 21.7 Å². The molecule has 0 aliphatic rings. The molecule has 2 atom stereocenters. The van der Waals surface area contributed by atoms with Crippen molar-refractivity contribution in [1.82, 2.24) is 4.98 Å². The van der Waals surface area contributed by atoms with Gasteiger partial charge < -0.3 is 15.9 Å². The Morgan fingerprint density at radius 1 is 1.38 bits per heavy atom. The van der Waals surface area contributed by atoms with Crippen molar-refractivity contribution in [3.63, 3.8) is 0 Å². The minimum atomic E-state index is -1.14. The van der Waals surface area contributed by atoms with E-state index in [4.69, 9.17) is 11.3 Å². The minimum Gasteiger partial charge on any atom is -0.390 e. The van der Waals surface area contributed by atoms with E-state index in [1.54, 1.807) is 24.3 Å². The summed E-state index contributed by atoms with van der Waals surface area (Å²) in [5.74, 6) is 0. The summed E-state index contributed by atoms with van der Waals surface area (Å²) in [6.45, 7) is 1.76. The Hall–Kier alpha value is -2.12. The Morgan fingerprint density at radius 3 is 2.57 bits per heavy atom. The summed E-state index contributed by atoms with van der Waals surface area (Å²) in [5.41, 5.74) is 16.1. The molecule has 0 radical (unpaired) electrons. The van der Waals surface area contributed by atoms with Crippen molar-refractivity contribution in [2.24, 2.45) is 5.11 Å². The number of aromatic nitrogens is 1. The van der Waals surface area contributed by atoms with Crippen LogP contribution >= 0.6 is 11.3 Å². The number of benzene rings is 1. The van der Waals surface area contributed by atoms with Crippen molar-refractivity contribution < 1.29 is 10.2 Å². The van der Waals surface area contributed by atoms with Crippen LogP contribution in [0.5, 0.6) is 0 Å². The van der Waals surface area contributed by atoms with Gasteiger partial charge in [-0.25, -0.2) is 4.98 Å². The Balaban J connectivity index is 2.18. The van der Waals surface area contributed by atoms with Crippen LogP contribution in [0.2, 0.25) is 0 Å². The number of azide groups is 1. The first-order valence-electron chi connectivity index (χ1n) is 6.23. The quantitative estimate of drug-likeness (QED) is 0.445. The number of aliphatic hydroxyl groups is 2. The lowest BCUT2D eigenvalue weighted by atomic mass is 10.0. The second-order valence-corrected chi connectivity index (χ2v) is 5.74. The average molecular weight is 305 g/mol. The fourth-order valence-electron chi connectivity index (χ4n) is 1.97. The van der Waals surface area contributed by atoms with E-state index >= 15 is 0 Å². The van der Waals surface area contributed by atoms with E-state index < -0.39 is 12.2 Å². The smallest absolute Gasteiger partial charge is 0.180 e. The number of thiazole rings is 1. The zero-order valence-electron chi connectivity index (χ0n) is 11.3. The van der Waals surface area contributed by atoms with Crippen LogP contribution in [0.4, 0.5) is 5.13 Å². The first kappa shape index (κ1) is 15.3. The van der Waals surface area contributed by atoms with E-state index in [0.717, 1.165) is 16.1 Å². The SMILES string of the molecule is Cc1sc(N)nc1-c1ccc(C(O)C(O)CN=[N+]=[N-])cc1. The summed E-state index contributed by atoms with van der Waals surface area (Å²) < 4.78 is 0. The lowest BCUT2D eigenvalue weighted by Crippen LogP contribution is -2.21. The average Bonchev–Trinajstić information content (AvgIpc) is 2.83. The number of aliphatic hydroxyl groups excluding tert-OH is 2. The summed E-state index contributed by atoms with van der Waals surface area (Å²) in [5, 5.41) is 23.4. The zero-order valence-corrected chi connectivity index (χ0v) is 12.2. The molecule has 0 saturated heterocycles. The second-order valence-electron chi connectivity index (χ2n) is 4.50. The molecule has 0 bridgehead atoms. The Morgan fingerprint density at radius 2 is 2.05 bits per heavy atom. The maximum atomic E-state index is 9.97. The van der Waals surface area contributed by atoms with E-state index in [1.165, 1.54) is 11.3 Å². The van der Waals surface area contributed by atoms with Gasteiger partial charge in [0.05, 0.1) is 18.3 Å². The zero-order chi connectivity index (χ0) is 15.4. The molecule has 7 nitrogen and oxygen atoms in total. The van der Waals surface area contributed by atoms with E-state index in [0.29, 0.717) is 10.7 Å². The third-order valence-electron chi connectivity index (χ3n) is 3.04. The number of aryl methyl sites for hydroxylation is 1. The van der Waals surface area contributed by atoms with Gasteiger partial charge in [-0.15, -0.1) is 11.3 Å². The molecule has 0 amide bonds. The van der Waals surface area contributed by atoms with Crippen LogP contribution in [-0.2, 0) is 0 Å². The summed E-state index contributed by atoms with van der Waals surface area (Å²) in [7, 11) is 0. The van der Waals surface area contributed by atoms with E-state index in [1.807, 2.05) is 6.92 Å². The van der Waals surface area contributed by atoms with E-state index in [9.17, 15) is 10.2 Å². The predicted molar refractivity (Wildman–Crippen MR) is 81.7 cm³/mol. The fourth-order valence-corrected chi connectivity index (χ4v) is 2.68. The maximum absolute atomic E-state index is 9.97. The van der Waals surface area contributed by atoms with Crippen LogP contribution in [0, 0.1) is 6.92 Å². The number of hydrogen-bond acceptors (Lipinski definition) is 6. The van der Waals surface area contributed by atoms with Crippen LogP contribution in [0.1, 0.15) is 16.5 Å². The Bertz CT molecular complexity index is 664. The van der Waals surface area contributed by atoms with Gasteiger partial charge >= 0.3 is 0 Å². The largest absolute Gasteiger partial charge is 0.390 e. The second kappa shape index (κ2) is 6.55. The summed E-state index contributed by atoms with van der Waals surface area (Å²) >= 11 is 1.42. The van der Waals surface area contributed by atoms with Crippen LogP contribution < -0.4 is 5.73 Å². The molecular formula is C13H15N5O2S. The molecule has 2 rings (SSSR count). The standard InChI is InChI=1S/C13H15N5O2S/c1-7-11(17-13(14)21-7)8-2-4-9(5-3-8)12(20)10(19)6-16-18-15/h2-5,10,12,19-20H,6H2,1H3,(H2,14,17). The lowest BCUT2D eigenvalue weighted by Gasteiger charge is -2.16. The number of nitrogen functional groups attached to an aromatic ring is 1. The van der Waals surface area contributed by atoms with Gasteiger partial charge in [0.2, 0.25) is 0 Å². The molecule has 2 aromatic rings. The van der Waals surface area contributed by atoms with Crippen molar-refractivity contribution in [2.45, 2.75) is 19.1 Å². The van der Waals surface area contributed by atoms with Crippen LogP contribution in [0.3, 0.4) is 0 Å². The molecule has 2 unspecified atom stereocenters.